The summed E-state index contributed by atoms with van der Waals surface area (Å²) in [7, 11) is 3.83. The van der Waals surface area contributed by atoms with Crippen molar-refractivity contribution in [1.82, 2.24) is 4.90 Å². The van der Waals surface area contributed by atoms with E-state index in [9.17, 15) is 0 Å². The molecule has 0 aliphatic carbocycles. The first kappa shape index (κ1) is 16.3. The molecule has 0 fully saturated rings. The van der Waals surface area contributed by atoms with Crippen molar-refractivity contribution in [2.45, 2.75) is 12.5 Å². The SMILES string of the molecule is COc1ccc2c(c1)C(C1=CCN(C)CC1)Nc1cc(Cl)ccc1O2. The molecule has 0 spiro atoms. The van der Waals surface area contributed by atoms with Gasteiger partial charge in [0.25, 0.3) is 0 Å². The van der Waals surface area contributed by atoms with Crippen molar-refractivity contribution < 1.29 is 9.47 Å². The predicted octanol–water partition coefficient (Wildman–Crippen LogP) is 4.87. The van der Waals surface area contributed by atoms with Crippen molar-refractivity contribution >= 4 is 17.3 Å². The zero-order valence-electron chi connectivity index (χ0n) is 14.4. The molecular weight excluding hydrogens is 336 g/mol. The Balaban J connectivity index is 1.83. The van der Waals surface area contributed by atoms with Crippen molar-refractivity contribution in [2.24, 2.45) is 0 Å². The minimum absolute atomic E-state index is 0.0403. The number of benzene rings is 2. The highest BCUT2D eigenvalue weighted by Crippen LogP contribution is 2.45. The molecular formula is C20H21ClN2O2. The average Bonchev–Trinajstić information content (AvgIpc) is 2.78. The van der Waals surface area contributed by atoms with Gasteiger partial charge in [-0.15, -0.1) is 0 Å². The second-order valence-corrected chi connectivity index (χ2v) is 6.95. The molecule has 1 N–H and O–H groups in total. The van der Waals surface area contributed by atoms with Crippen molar-refractivity contribution in [3.8, 4) is 17.2 Å². The van der Waals surface area contributed by atoms with Crippen molar-refractivity contribution in [1.29, 1.82) is 0 Å². The maximum atomic E-state index is 6.20. The summed E-state index contributed by atoms with van der Waals surface area (Å²) in [5.41, 5.74) is 3.36. The molecule has 4 rings (SSSR count). The van der Waals surface area contributed by atoms with Crippen LogP contribution in [0.5, 0.6) is 17.2 Å². The topological polar surface area (TPSA) is 33.7 Å². The Morgan fingerprint density at radius 1 is 1.20 bits per heavy atom. The first-order valence-corrected chi connectivity index (χ1v) is 8.81. The molecule has 1 atom stereocenters. The van der Waals surface area contributed by atoms with E-state index < -0.39 is 0 Å². The average molecular weight is 357 g/mol. The van der Waals surface area contributed by atoms with Gasteiger partial charge in [0, 0.05) is 23.7 Å². The van der Waals surface area contributed by atoms with Gasteiger partial charge >= 0.3 is 0 Å². The lowest BCUT2D eigenvalue weighted by molar-refractivity contribution is 0.354. The van der Waals surface area contributed by atoms with Crippen LogP contribution in [0.15, 0.2) is 48.0 Å². The van der Waals surface area contributed by atoms with Crippen LogP contribution < -0.4 is 14.8 Å². The van der Waals surface area contributed by atoms with Crippen LogP contribution in [0.1, 0.15) is 18.0 Å². The van der Waals surface area contributed by atoms with E-state index in [1.165, 1.54) is 5.57 Å². The molecule has 130 valence electrons. The Bertz CT molecular complexity index is 834. The molecule has 0 amide bonds. The number of hydrogen-bond donors (Lipinski definition) is 1. The van der Waals surface area contributed by atoms with Gasteiger partial charge in [0.2, 0.25) is 0 Å². The van der Waals surface area contributed by atoms with Gasteiger partial charge in [-0.1, -0.05) is 17.7 Å². The standard InChI is InChI=1S/C20H21ClN2O2/c1-23-9-7-13(8-10-23)20-16-12-15(24-2)4-6-18(16)25-19-5-3-14(21)11-17(19)22-20/h3-7,11-12,20,22H,8-10H2,1-2H3. The molecule has 0 saturated carbocycles. The van der Waals surface area contributed by atoms with Crippen LogP contribution in [-0.4, -0.2) is 32.1 Å². The Morgan fingerprint density at radius 3 is 2.80 bits per heavy atom. The summed E-state index contributed by atoms with van der Waals surface area (Å²) in [4.78, 5) is 2.31. The third kappa shape index (κ3) is 3.20. The second-order valence-electron chi connectivity index (χ2n) is 6.51. The number of methoxy groups -OCH3 is 1. The van der Waals surface area contributed by atoms with Gasteiger partial charge in [0.1, 0.15) is 11.5 Å². The fourth-order valence-electron chi connectivity index (χ4n) is 3.37. The highest BCUT2D eigenvalue weighted by molar-refractivity contribution is 6.30. The number of likely N-dealkylation sites (N-methyl/N-ethyl adjacent to an activating group) is 1. The number of anilines is 1. The smallest absolute Gasteiger partial charge is 0.150 e. The van der Waals surface area contributed by atoms with E-state index in [4.69, 9.17) is 21.1 Å². The van der Waals surface area contributed by atoms with Crippen molar-refractivity contribution in [3.63, 3.8) is 0 Å². The third-order valence-corrected chi connectivity index (χ3v) is 5.04. The fraction of sp³-hybridized carbons (Fsp3) is 0.300. The van der Waals surface area contributed by atoms with E-state index in [-0.39, 0.29) is 6.04 Å². The van der Waals surface area contributed by atoms with Crippen molar-refractivity contribution in [3.05, 3.63) is 58.6 Å². The summed E-state index contributed by atoms with van der Waals surface area (Å²) >= 11 is 6.20. The van der Waals surface area contributed by atoms with E-state index in [0.29, 0.717) is 5.02 Å². The van der Waals surface area contributed by atoms with Gasteiger partial charge in [0.05, 0.1) is 18.8 Å². The highest BCUT2D eigenvalue weighted by Gasteiger charge is 2.27. The molecule has 0 aromatic heterocycles. The van der Waals surface area contributed by atoms with Crippen LogP contribution in [0.4, 0.5) is 5.69 Å². The molecule has 1 unspecified atom stereocenters. The lowest BCUT2D eigenvalue weighted by atomic mass is 9.93. The number of halogens is 1. The lowest BCUT2D eigenvalue weighted by Gasteiger charge is -2.28. The molecule has 25 heavy (non-hydrogen) atoms. The number of hydrogen-bond acceptors (Lipinski definition) is 4. The van der Waals surface area contributed by atoms with Gasteiger partial charge in [-0.25, -0.2) is 0 Å². The van der Waals surface area contributed by atoms with Crippen LogP contribution in [0.3, 0.4) is 0 Å². The third-order valence-electron chi connectivity index (χ3n) is 4.81. The molecule has 2 aromatic rings. The van der Waals surface area contributed by atoms with Gasteiger partial charge in [-0.05, 0) is 55.4 Å². The quantitative estimate of drug-likeness (QED) is 0.778. The van der Waals surface area contributed by atoms with Gasteiger partial charge in [0.15, 0.2) is 5.75 Å². The number of fused-ring (bicyclic) bond motifs is 2. The zero-order valence-corrected chi connectivity index (χ0v) is 15.1. The number of ether oxygens (including phenoxy) is 2. The van der Waals surface area contributed by atoms with Crippen LogP contribution in [0, 0.1) is 0 Å². The Kier molecular flexibility index (Phi) is 4.32. The maximum absolute atomic E-state index is 6.20. The minimum Gasteiger partial charge on any atom is -0.497 e. The Morgan fingerprint density at radius 2 is 2.04 bits per heavy atom. The Labute approximate surface area is 153 Å². The Hall–Kier alpha value is -2.17. The highest BCUT2D eigenvalue weighted by atomic mass is 35.5. The summed E-state index contributed by atoms with van der Waals surface area (Å²) in [5, 5.41) is 4.33. The molecule has 2 aliphatic heterocycles. The van der Waals surface area contributed by atoms with Crippen LogP contribution >= 0.6 is 11.6 Å². The summed E-state index contributed by atoms with van der Waals surface area (Å²) in [5.74, 6) is 2.46. The molecule has 4 nitrogen and oxygen atoms in total. The number of rotatable bonds is 2. The number of nitrogens with zero attached hydrogens (tertiary/aromatic N) is 1. The van der Waals surface area contributed by atoms with E-state index in [1.54, 1.807) is 7.11 Å². The second kappa shape index (κ2) is 6.62. The van der Waals surface area contributed by atoms with E-state index in [1.807, 2.05) is 30.3 Å². The molecule has 0 bridgehead atoms. The van der Waals surface area contributed by atoms with E-state index in [2.05, 4.69) is 29.4 Å². The minimum atomic E-state index is 0.0403. The zero-order chi connectivity index (χ0) is 17.4. The van der Waals surface area contributed by atoms with Crippen LogP contribution in [0.2, 0.25) is 5.02 Å². The van der Waals surface area contributed by atoms with Crippen molar-refractivity contribution in [2.75, 3.05) is 32.6 Å². The summed E-state index contributed by atoms with van der Waals surface area (Å²) in [6, 6.07) is 11.7. The van der Waals surface area contributed by atoms with Crippen LogP contribution in [-0.2, 0) is 0 Å². The maximum Gasteiger partial charge on any atom is 0.150 e. The van der Waals surface area contributed by atoms with Gasteiger partial charge < -0.3 is 19.7 Å². The molecule has 2 aliphatic rings. The molecule has 0 saturated heterocycles. The normalized spacial score (nSPS) is 19.6. The summed E-state index contributed by atoms with van der Waals surface area (Å²) < 4.78 is 11.6. The van der Waals surface area contributed by atoms with Gasteiger partial charge in [-0.3, -0.25) is 0 Å². The summed E-state index contributed by atoms with van der Waals surface area (Å²) in [6.45, 7) is 2.00. The predicted molar refractivity (Wildman–Crippen MR) is 101 cm³/mol. The molecule has 5 heteroatoms. The molecule has 2 heterocycles. The largest absolute Gasteiger partial charge is 0.497 e. The monoisotopic (exact) mass is 356 g/mol. The van der Waals surface area contributed by atoms with E-state index in [0.717, 1.165) is 48.0 Å². The fourth-order valence-corrected chi connectivity index (χ4v) is 3.54. The molecule has 2 aromatic carbocycles. The van der Waals surface area contributed by atoms with Gasteiger partial charge in [-0.2, -0.15) is 0 Å². The first-order valence-electron chi connectivity index (χ1n) is 8.43. The van der Waals surface area contributed by atoms with Crippen LogP contribution in [0.25, 0.3) is 0 Å². The number of nitrogens with one attached hydrogen (secondary N) is 1. The van der Waals surface area contributed by atoms with E-state index >= 15 is 0 Å². The lowest BCUT2D eigenvalue weighted by Crippen LogP contribution is -2.27. The first-order chi connectivity index (χ1) is 12.1. The molecule has 0 radical (unpaired) electrons. The summed E-state index contributed by atoms with van der Waals surface area (Å²) in [6.07, 6.45) is 3.32.